The van der Waals surface area contributed by atoms with E-state index in [0.29, 0.717) is 11.5 Å². The summed E-state index contributed by atoms with van der Waals surface area (Å²) in [6.07, 6.45) is 9.32. The summed E-state index contributed by atoms with van der Waals surface area (Å²) in [6, 6.07) is 8.78. The first kappa shape index (κ1) is 16.7. The van der Waals surface area contributed by atoms with E-state index in [1.54, 1.807) is 17.2 Å². The predicted molar refractivity (Wildman–Crippen MR) is 98.9 cm³/mol. The van der Waals surface area contributed by atoms with Crippen LogP contribution in [0.2, 0.25) is 0 Å². The van der Waals surface area contributed by atoms with Crippen LogP contribution in [0.15, 0.2) is 28.1 Å². The average molecular weight is 393 g/mol. The third-order valence-corrected chi connectivity index (χ3v) is 6.05. The normalized spacial score (nSPS) is 12.6. The van der Waals surface area contributed by atoms with Gasteiger partial charge in [-0.2, -0.15) is 0 Å². The van der Waals surface area contributed by atoms with Crippen molar-refractivity contribution in [2.24, 2.45) is 0 Å². The molecule has 0 unspecified atom stereocenters. The van der Waals surface area contributed by atoms with Gasteiger partial charge in [-0.05, 0) is 64.7 Å². The standard InChI is InChI=1S/C19H21BrO2S/c20-19-18(12-17(13-21)23-19)22-10-4-2-1-3-5-14-6-7-15-8-9-16(15)11-14/h6-7,11-13H,1-5,8-10H2. The SMILES string of the molecule is O=Cc1cc(OCCCCCCc2ccc3c(c2)CC3)c(Br)s1. The minimum Gasteiger partial charge on any atom is -0.491 e. The molecule has 1 aliphatic carbocycles. The molecule has 0 spiro atoms. The summed E-state index contributed by atoms with van der Waals surface area (Å²) in [4.78, 5) is 11.4. The van der Waals surface area contributed by atoms with Crippen molar-refractivity contribution < 1.29 is 9.53 Å². The molecule has 3 rings (SSSR count). The zero-order valence-corrected chi connectivity index (χ0v) is 15.5. The van der Waals surface area contributed by atoms with E-state index >= 15 is 0 Å². The minimum atomic E-state index is 0.699. The highest BCUT2D eigenvalue weighted by Crippen LogP contribution is 2.33. The Kier molecular flexibility index (Phi) is 5.90. The van der Waals surface area contributed by atoms with Gasteiger partial charge in [-0.1, -0.05) is 31.0 Å². The first-order valence-corrected chi connectivity index (χ1v) is 9.85. The number of fused-ring (bicyclic) bond motifs is 1. The van der Waals surface area contributed by atoms with E-state index < -0.39 is 0 Å². The van der Waals surface area contributed by atoms with Crippen LogP contribution in [0.1, 0.15) is 52.0 Å². The zero-order valence-electron chi connectivity index (χ0n) is 13.1. The van der Waals surface area contributed by atoms with Gasteiger partial charge in [0.25, 0.3) is 0 Å². The van der Waals surface area contributed by atoms with E-state index in [4.69, 9.17) is 4.74 Å². The van der Waals surface area contributed by atoms with Crippen LogP contribution in [0.25, 0.3) is 0 Å². The molecule has 0 N–H and O–H groups in total. The molecule has 0 bridgehead atoms. The molecule has 4 heteroatoms. The Morgan fingerprint density at radius 1 is 1.09 bits per heavy atom. The molecule has 1 aromatic carbocycles. The van der Waals surface area contributed by atoms with Crippen molar-refractivity contribution in [1.29, 1.82) is 0 Å². The number of ether oxygens (including phenoxy) is 1. The van der Waals surface area contributed by atoms with Crippen LogP contribution in [0, 0.1) is 0 Å². The summed E-state index contributed by atoms with van der Waals surface area (Å²) in [5.74, 6) is 0.791. The molecule has 0 radical (unpaired) electrons. The summed E-state index contributed by atoms with van der Waals surface area (Å²) >= 11 is 4.84. The van der Waals surface area contributed by atoms with Crippen molar-refractivity contribution in [1.82, 2.24) is 0 Å². The highest BCUT2D eigenvalue weighted by Gasteiger charge is 2.12. The Morgan fingerprint density at radius 3 is 2.61 bits per heavy atom. The Labute approximate surface area is 150 Å². The monoisotopic (exact) mass is 392 g/mol. The molecule has 2 nitrogen and oxygen atoms in total. The van der Waals surface area contributed by atoms with Gasteiger partial charge in [-0.25, -0.2) is 0 Å². The fourth-order valence-corrected chi connectivity index (χ4v) is 4.33. The van der Waals surface area contributed by atoms with Crippen molar-refractivity contribution in [3.8, 4) is 5.75 Å². The van der Waals surface area contributed by atoms with Crippen LogP contribution in [-0.4, -0.2) is 12.9 Å². The van der Waals surface area contributed by atoms with Crippen LogP contribution in [0.5, 0.6) is 5.75 Å². The molecule has 0 amide bonds. The van der Waals surface area contributed by atoms with E-state index in [-0.39, 0.29) is 0 Å². The number of carbonyl (C=O) groups excluding carboxylic acids is 1. The second-order valence-corrected chi connectivity index (χ2v) is 8.42. The van der Waals surface area contributed by atoms with Gasteiger partial charge in [0.1, 0.15) is 9.54 Å². The number of carbonyl (C=O) groups is 1. The molecule has 23 heavy (non-hydrogen) atoms. The third-order valence-electron chi connectivity index (χ3n) is 4.34. The molecule has 1 aromatic heterocycles. The predicted octanol–water partition coefficient (Wildman–Crippen LogP) is 5.60. The third kappa shape index (κ3) is 4.45. The van der Waals surface area contributed by atoms with Crippen molar-refractivity contribution in [2.75, 3.05) is 6.61 Å². The summed E-state index contributed by atoms with van der Waals surface area (Å²) < 4.78 is 6.63. The molecule has 0 aliphatic heterocycles. The van der Waals surface area contributed by atoms with Crippen molar-refractivity contribution in [2.45, 2.75) is 44.9 Å². The van der Waals surface area contributed by atoms with E-state index in [1.807, 2.05) is 0 Å². The lowest BCUT2D eigenvalue weighted by molar-refractivity contribution is 0.112. The molecule has 0 saturated heterocycles. The van der Waals surface area contributed by atoms with Gasteiger partial charge in [-0.3, -0.25) is 4.79 Å². The Bertz CT molecular complexity index is 678. The molecular formula is C19H21BrO2S. The van der Waals surface area contributed by atoms with E-state index in [1.165, 1.54) is 55.4 Å². The van der Waals surface area contributed by atoms with E-state index in [9.17, 15) is 4.79 Å². The van der Waals surface area contributed by atoms with Crippen molar-refractivity contribution in [3.63, 3.8) is 0 Å². The van der Waals surface area contributed by atoms with Gasteiger partial charge < -0.3 is 4.74 Å². The maximum atomic E-state index is 10.7. The molecule has 1 aliphatic rings. The Balaban J connectivity index is 1.28. The second-order valence-electron chi connectivity index (χ2n) is 6.02. The molecular weight excluding hydrogens is 372 g/mol. The van der Waals surface area contributed by atoms with E-state index in [0.717, 1.165) is 22.2 Å². The highest BCUT2D eigenvalue weighted by atomic mass is 79.9. The molecule has 0 saturated carbocycles. The van der Waals surface area contributed by atoms with Gasteiger partial charge in [0.2, 0.25) is 0 Å². The fraction of sp³-hybridized carbons (Fsp3) is 0.421. The first-order chi connectivity index (χ1) is 11.3. The number of halogens is 1. The van der Waals surface area contributed by atoms with Gasteiger partial charge in [0.05, 0.1) is 11.5 Å². The van der Waals surface area contributed by atoms with E-state index in [2.05, 4.69) is 34.1 Å². The summed E-state index contributed by atoms with van der Waals surface area (Å²) in [7, 11) is 0. The largest absolute Gasteiger partial charge is 0.491 e. The van der Waals surface area contributed by atoms with Crippen molar-refractivity contribution in [3.05, 3.63) is 49.6 Å². The molecule has 1 heterocycles. The van der Waals surface area contributed by atoms with Gasteiger partial charge in [0.15, 0.2) is 6.29 Å². The van der Waals surface area contributed by atoms with Gasteiger partial charge in [-0.15, -0.1) is 11.3 Å². The lowest BCUT2D eigenvalue weighted by atomic mass is 9.86. The molecule has 0 atom stereocenters. The number of rotatable bonds is 9. The lowest BCUT2D eigenvalue weighted by Gasteiger charge is -2.19. The Hall–Kier alpha value is -1.13. The van der Waals surface area contributed by atoms with Crippen LogP contribution >= 0.6 is 27.3 Å². The Morgan fingerprint density at radius 2 is 1.91 bits per heavy atom. The van der Waals surface area contributed by atoms with Crippen LogP contribution in [0.4, 0.5) is 0 Å². The number of benzene rings is 1. The molecule has 0 fully saturated rings. The summed E-state index contributed by atoms with van der Waals surface area (Å²) in [5.41, 5.74) is 4.60. The number of aryl methyl sites for hydroxylation is 3. The number of thiophene rings is 1. The van der Waals surface area contributed by atoms with Crippen molar-refractivity contribution >= 4 is 33.6 Å². The zero-order chi connectivity index (χ0) is 16.1. The average Bonchev–Trinajstić information content (AvgIpc) is 2.89. The topological polar surface area (TPSA) is 26.3 Å². The maximum Gasteiger partial charge on any atom is 0.160 e. The number of hydrogen-bond donors (Lipinski definition) is 0. The fourth-order valence-electron chi connectivity index (χ4n) is 2.90. The first-order valence-electron chi connectivity index (χ1n) is 8.24. The highest BCUT2D eigenvalue weighted by molar-refractivity contribution is 9.11. The number of hydrogen-bond acceptors (Lipinski definition) is 3. The van der Waals surface area contributed by atoms with Gasteiger partial charge in [0, 0.05) is 6.07 Å². The summed E-state index contributed by atoms with van der Waals surface area (Å²) in [5, 5.41) is 0. The number of aldehydes is 1. The molecule has 2 aromatic rings. The van der Waals surface area contributed by atoms with Gasteiger partial charge >= 0.3 is 0 Å². The lowest BCUT2D eigenvalue weighted by Crippen LogP contribution is -2.08. The quantitative estimate of drug-likeness (QED) is 0.409. The minimum absolute atomic E-state index is 0.699. The molecule has 122 valence electrons. The van der Waals surface area contributed by atoms with Crippen LogP contribution in [-0.2, 0) is 19.3 Å². The number of unbranched alkanes of at least 4 members (excludes halogenated alkanes) is 3. The summed E-state index contributed by atoms with van der Waals surface area (Å²) in [6.45, 7) is 0.715. The van der Waals surface area contributed by atoms with Crippen LogP contribution in [0.3, 0.4) is 0 Å². The second kappa shape index (κ2) is 8.11. The smallest absolute Gasteiger partial charge is 0.160 e. The van der Waals surface area contributed by atoms with Crippen LogP contribution < -0.4 is 4.74 Å². The maximum absolute atomic E-state index is 10.7.